The zero-order valence-corrected chi connectivity index (χ0v) is 16.8. The number of hydrogen-bond acceptors (Lipinski definition) is 3. The molecule has 2 aromatic carbocycles. The Balaban J connectivity index is 0.00000196. The van der Waals surface area contributed by atoms with Crippen molar-refractivity contribution in [1.82, 2.24) is 0 Å². The van der Waals surface area contributed by atoms with Crippen molar-refractivity contribution in [3.8, 4) is 11.5 Å². The van der Waals surface area contributed by atoms with Crippen LogP contribution in [0.3, 0.4) is 0 Å². The van der Waals surface area contributed by atoms with E-state index >= 15 is 0 Å². The molecule has 3 rings (SSSR count). The van der Waals surface area contributed by atoms with Crippen LogP contribution in [0.2, 0.25) is 5.02 Å². The Labute approximate surface area is 181 Å². The van der Waals surface area contributed by atoms with Crippen LogP contribution in [0.15, 0.2) is 48.0 Å². The third-order valence-corrected chi connectivity index (χ3v) is 3.95. The van der Waals surface area contributed by atoms with Gasteiger partial charge in [-0.05, 0) is 17.7 Å². The van der Waals surface area contributed by atoms with E-state index in [1.165, 1.54) is 12.1 Å². The van der Waals surface area contributed by atoms with Crippen molar-refractivity contribution >= 4 is 23.6 Å². The number of rotatable bonds is 4. The fourth-order valence-corrected chi connectivity index (χ4v) is 2.75. The zero-order chi connectivity index (χ0) is 18.9. The second-order valence-corrected chi connectivity index (χ2v) is 5.95. The monoisotopic (exact) mass is 408 g/mol. The topological polar surface area (TPSA) is 55.8 Å². The van der Waals surface area contributed by atoms with Gasteiger partial charge < -0.3 is 16.0 Å². The number of benzene rings is 2. The molecule has 0 saturated carbocycles. The van der Waals surface area contributed by atoms with Crippen molar-refractivity contribution in [3.63, 3.8) is 0 Å². The average molecular weight is 409 g/mol. The number of carboxylic acid groups (broad SMARTS) is 1. The van der Waals surface area contributed by atoms with E-state index in [0.717, 1.165) is 11.6 Å². The molecule has 4 nitrogen and oxygen atoms in total. The van der Waals surface area contributed by atoms with Crippen molar-refractivity contribution in [1.29, 1.82) is 0 Å². The van der Waals surface area contributed by atoms with Crippen LogP contribution in [-0.4, -0.2) is 23.4 Å². The molecular formula is C18H13ClF3NaO4. The molecule has 138 valence electrons. The molecule has 0 aliphatic carbocycles. The van der Waals surface area contributed by atoms with E-state index in [1.54, 1.807) is 0 Å². The predicted octanol–water partition coefficient (Wildman–Crippen LogP) is 1.83. The third kappa shape index (κ3) is 4.99. The Bertz CT molecular complexity index is 875. The van der Waals surface area contributed by atoms with Crippen molar-refractivity contribution in [2.24, 2.45) is 0 Å². The van der Waals surface area contributed by atoms with Crippen molar-refractivity contribution in [2.75, 3.05) is 0 Å². The smallest absolute Gasteiger partial charge is 1.00 e. The summed E-state index contributed by atoms with van der Waals surface area (Å²) in [7, 11) is 0. The number of alkyl halides is 3. The van der Waals surface area contributed by atoms with E-state index < -0.39 is 23.8 Å². The van der Waals surface area contributed by atoms with Crippen LogP contribution in [-0.2, 0) is 11.4 Å². The van der Waals surface area contributed by atoms with Crippen molar-refractivity contribution in [3.05, 3.63) is 64.2 Å². The fourth-order valence-electron chi connectivity index (χ4n) is 2.49. The van der Waals surface area contributed by atoms with Gasteiger partial charge in [0.2, 0.25) is 6.10 Å². The number of halogens is 4. The van der Waals surface area contributed by atoms with Crippen LogP contribution in [0.4, 0.5) is 13.2 Å². The molecule has 0 amide bonds. The van der Waals surface area contributed by atoms with Crippen LogP contribution in [0.1, 0.15) is 12.6 Å². The van der Waals surface area contributed by atoms with Crippen LogP contribution in [0.25, 0.3) is 6.08 Å². The van der Waals surface area contributed by atoms with Gasteiger partial charge in [0.15, 0.2) is 0 Å². The van der Waals surface area contributed by atoms with E-state index in [1.807, 2.05) is 30.3 Å². The average Bonchev–Trinajstić information content (AvgIpc) is 2.59. The predicted molar refractivity (Wildman–Crippen MR) is 89.4 cm³/mol. The molecule has 0 aromatic heterocycles. The normalized spacial score (nSPS) is 15.7. The molecule has 1 aliphatic heterocycles. The minimum absolute atomic E-state index is 0. The van der Waals surface area contributed by atoms with Gasteiger partial charge >= 0.3 is 41.7 Å². The Morgan fingerprint density at radius 2 is 1.93 bits per heavy atom. The number of aliphatic carboxylic acids is 1. The van der Waals surface area contributed by atoms with Gasteiger partial charge in [-0.15, -0.1) is 0 Å². The summed E-state index contributed by atoms with van der Waals surface area (Å²) in [5.74, 6) is -1.66. The molecule has 27 heavy (non-hydrogen) atoms. The molecule has 0 spiro atoms. The van der Waals surface area contributed by atoms with Gasteiger partial charge in [0.05, 0.1) is 10.6 Å². The first-order chi connectivity index (χ1) is 12.3. The molecular weight excluding hydrogens is 396 g/mol. The third-order valence-electron chi connectivity index (χ3n) is 3.67. The summed E-state index contributed by atoms with van der Waals surface area (Å²) in [6.07, 6.45) is -6.56. The Hall–Kier alpha value is -1.67. The van der Waals surface area contributed by atoms with Gasteiger partial charge in [0, 0.05) is 11.6 Å². The number of hydrogen-bond donors (Lipinski definition) is 1. The summed E-state index contributed by atoms with van der Waals surface area (Å²) < 4.78 is 49.7. The first-order valence-corrected chi connectivity index (χ1v) is 7.82. The standard InChI is InChI=1S/C18H12ClF3O4.Na.H/c19-14-8-12(25-9-10-4-2-1-3-5-10)6-11-7-13(17(23)24)16(18(20,21)22)26-15(11)14;;/h1-8,16H,9H2,(H,23,24);;/q;+1;-1. The van der Waals surface area contributed by atoms with Crippen molar-refractivity contribution in [2.45, 2.75) is 18.9 Å². The molecule has 0 fully saturated rings. The SMILES string of the molecule is O=C(O)C1=Cc2cc(OCc3ccccc3)cc(Cl)c2OC1C(F)(F)F.[H-].[Na+]. The number of fused-ring (bicyclic) bond motifs is 1. The van der Waals surface area contributed by atoms with E-state index in [2.05, 4.69) is 0 Å². The molecule has 0 bridgehead atoms. The molecule has 1 N–H and O–H groups in total. The van der Waals surface area contributed by atoms with E-state index in [4.69, 9.17) is 26.2 Å². The molecule has 2 aromatic rings. The maximum absolute atomic E-state index is 13.1. The minimum atomic E-state index is -4.88. The van der Waals surface area contributed by atoms with E-state index in [0.29, 0.717) is 0 Å². The molecule has 1 aliphatic rings. The molecule has 1 atom stereocenters. The summed E-state index contributed by atoms with van der Waals surface area (Å²) >= 11 is 6.02. The maximum atomic E-state index is 13.1. The second kappa shape index (κ2) is 8.56. The Morgan fingerprint density at radius 1 is 1.26 bits per heavy atom. The Kier molecular flexibility index (Phi) is 6.86. The fraction of sp³-hybridized carbons (Fsp3) is 0.167. The molecule has 0 saturated heterocycles. The van der Waals surface area contributed by atoms with Gasteiger partial charge in [0.25, 0.3) is 0 Å². The Morgan fingerprint density at radius 3 is 2.52 bits per heavy atom. The van der Waals surface area contributed by atoms with Crippen LogP contribution in [0.5, 0.6) is 11.5 Å². The number of carboxylic acids is 1. The van der Waals surface area contributed by atoms with Gasteiger partial charge in [-0.25, -0.2) is 4.79 Å². The molecule has 1 unspecified atom stereocenters. The van der Waals surface area contributed by atoms with Crippen LogP contribution < -0.4 is 39.0 Å². The van der Waals surface area contributed by atoms with E-state index in [-0.39, 0.29) is 59.7 Å². The first kappa shape index (κ1) is 21.6. The van der Waals surface area contributed by atoms with Gasteiger partial charge in [-0.1, -0.05) is 41.9 Å². The number of carbonyl (C=O) groups is 1. The molecule has 9 heteroatoms. The van der Waals surface area contributed by atoms with Gasteiger partial charge in [0.1, 0.15) is 18.1 Å². The van der Waals surface area contributed by atoms with Crippen LogP contribution in [0, 0.1) is 0 Å². The zero-order valence-electron chi connectivity index (χ0n) is 15.1. The summed E-state index contributed by atoms with van der Waals surface area (Å²) in [4.78, 5) is 11.2. The van der Waals surface area contributed by atoms with Crippen molar-refractivity contribution < 1.29 is 63.5 Å². The maximum Gasteiger partial charge on any atom is 1.00 e. The van der Waals surface area contributed by atoms with E-state index in [9.17, 15) is 18.0 Å². The van der Waals surface area contributed by atoms with Gasteiger partial charge in [-0.2, -0.15) is 13.2 Å². The second-order valence-electron chi connectivity index (χ2n) is 5.54. The molecule has 0 radical (unpaired) electrons. The summed E-state index contributed by atoms with van der Waals surface area (Å²) in [5.41, 5.74) is 0.0798. The summed E-state index contributed by atoms with van der Waals surface area (Å²) in [6.45, 7) is 0.220. The summed E-state index contributed by atoms with van der Waals surface area (Å²) in [5, 5.41) is 8.98. The first-order valence-electron chi connectivity index (χ1n) is 7.44. The largest absolute Gasteiger partial charge is 1.00 e. The molecule has 1 heterocycles. The number of ether oxygens (including phenoxy) is 2. The minimum Gasteiger partial charge on any atom is -1.00 e. The quantitative estimate of drug-likeness (QED) is 0.784. The van der Waals surface area contributed by atoms with Crippen LogP contribution >= 0.6 is 11.6 Å². The summed E-state index contributed by atoms with van der Waals surface area (Å²) in [6, 6.07) is 11.9. The van der Waals surface area contributed by atoms with Gasteiger partial charge in [-0.3, -0.25) is 0 Å².